The summed E-state index contributed by atoms with van der Waals surface area (Å²) in [6.07, 6.45) is 5.28. The summed E-state index contributed by atoms with van der Waals surface area (Å²) in [5, 5.41) is 11.9. The van der Waals surface area contributed by atoms with E-state index >= 15 is 0 Å². The Morgan fingerprint density at radius 1 is 1.04 bits per heavy atom. The van der Waals surface area contributed by atoms with Crippen LogP contribution in [0.25, 0.3) is 0 Å². The molecule has 0 unspecified atom stereocenters. The first-order chi connectivity index (χ1) is 12.3. The molecule has 2 aliphatic carbocycles. The third kappa shape index (κ3) is 4.42. The topological polar surface area (TPSA) is 113 Å². The molecule has 1 aromatic rings. The lowest BCUT2D eigenvalue weighted by Crippen LogP contribution is -2.34. The lowest BCUT2D eigenvalue weighted by Gasteiger charge is -2.15. The summed E-state index contributed by atoms with van der Waals surface area (Å²) in [6, 6.07) is 5.73. The molecule has 2 atom stereocenters. The number of benzene rings is 1. The van der Waals surface area contributed by atoms with E-state index in [1.54, 1.807) is 12.1 Å². The number of amides is 1. The van der Waals surface area contributed by atoms with Gasteiger partial charge in [-0.2, -0.15) is 0 Å². The minimum absolute atomic E-state index is 0.0380. The van der Waals surface area contributed by atoms with Crippen molar-refractivity contribution < 1.29 is 23.1 Å². The van der Waals surface area contributed by atoms with E-state index in [-0.39, 0.29) is 28.4 Å². The van der Waals surface area contributed by atoms with E-state index in [1.165, 1.54) is 12.1 Å². The van der Waals surface area contributed by atoms with Crippen LogP contribution < -0.4 is 10.0 Å². The number of hydrogen-bond donors (Lipinski definition) is 3. The Morgan fingerprint density at radius 2 is 1.77 bits per heavy atom. The molecule has 2 saturated carbocycles. The zero-order valence-corrected chi connectivity index (χ0v) is 15.3. The normalized spacial score (nSPS) is 23.8. The summed E-state index contributed by atoms with van der Waals surface area (Å²) in [5.74, 6) is -1.64. The highest BCUT2D eigenvalue weighted by Gasteiger charge is 2.31. The summed E-state index contributed by atoms with van der Waals surface area (Å²) < 4.78 is 27.7. The molecule has 8 heteroatoms. The lowest BCUT2D eigenvalue weighted by molar-refractivity contribution is -0.141. The molecular formula is C18H24N2O5S. The molecule has 0 aliphatic heterocycles. The third-order valence-corrected chi connectivity index (χ3v) is 6.72. The van der Waals surface area contributed by atoms with Gasteiger partial charge in [0.25, 0.3) is 5.91 Å². The molecule has 142 valence electrons. The summed E-state index contributed by atoms with van der Waals surface area (Å²) in [4.78, 5) is 23.5. The number of nitrogens with one attached hydrogen (secondary N) is 2. The van der Waals surface area contributed by atoms with Gasteiger partial charge in [-0.15, -0.1) is 0 Å². The molecule has 0 spiro atoms. The van der Waals surface area contributed by atoms with Gasteiger partial charge in [-0.05, 0) is 50.3 Å². The van der Waals surface area contributed by atoms with Crippen molar-refractivity contribution in [3.05, 3.63) is 29.8 Å². The minimum Gasteiger partial charge on any atom is -0.481 e. The number of carbonyl (C=O) groups is 2. The second kappa shape index (κ2) is 7.75. The van der Waals surface area contributed by atoms with Crippen LogP contribution in [0, 0.1) is 5.92 Å². The van der Waals surface area contributed by atoms with Gasteiger partial charge in [0, 0.05) is 17.6 Å². The molecule has 0 radical (unpaired) electrons. The lowest BCUT2D eigenvalue weighted by atomic mass is 10.1. The van der Waals surface area contributed by atoms with E-state index in [4.69, 9.17) is 5.11 Å². The highest BCUT2D eigenvalue weighted by molar-refractivity contribution is 7.89. The van der Waals surface area contributed by atoms with Gasteiger partial charge in [0.15, 0.2) is 0 Å². The molecule has 7 nitrogen and oxygen atoms in total. The van der Waals surface area contributed by atoms with Gasteiger partial charge < -0.3 is 10.4 Å². The third-order valence-electron chi connectivity index (χ3n) is 5.20. The van der Waals surface area contributed by atoms with Gasteiger partial charge in [-0.1, -0.05) is 18.9 Å². The Labute approximate surface area is 153 Å². The second-order valence-electron chi connectivity index (χ2n) is 7.15. The van der Waals surface area contributed by atoms with Crippen LogP contribution in [0.3, 0.4) is 0 Å². The Bertz CT molecular complexity index is 787. The monoisotopic (exact) mass is 380 g/mol. The second-order valence-corrected chi connectivity index (χ2v) is 8.86. The van der Waals surface area contributed by atoms with Crippen molar-refractivity contribution >= 4 is 21.9 Å². The van der Waals surface area contributed by atoms with Crippen molar-refractivity contribution in [1.29, 1.82) is 0 Å². The van der Waals surface area contributed by atoms with Crippen LogP contribution in [0.4, 0.5) is 0 Å². The molecule has 0 saturated heterocycles. The van der Waals surface area contributed by atoms with Crippen LogP contribution in [-0.4, -0.2) is 37.5 Å². The first-order valence-corrected chi connectivity index (χ1v) is 10.5. The van der Waals surface area contributed by atoms with Gasteiger partial charge in [-0.3, -0.25) is 9.59 Å². The van der Waals surface area contributed by atoms with E-state index in [2.05, 4.69) is 10.0 Å². The standard InChI is InChI=1S/C18H24N2O5S/c21-17(19-15-9-8-13(10-15)18(22)23)12-4-3-7-16(11-12)26(24,25)20-14-5-1-2-6-14/h3-4,7,11,13-15,20H,1-2,5-6,8-10H2,(H,19,21)(H,22,23)/t13-,15+/m1/s1. The fourth-order valence-corrected chi connectivity index (χ4v) is 5.09. The van der Waals surface area contributed by atoms with E-state index < -0.39 is 21.9 Å². The van der Waals surface area contributed by atoms with Crippen molar-refractivity contribution in [3.63, 3.8) is 0 Å². The highest BCUT2D eigenvalue weighted by atomic mass is 32.2. The van der Waals surface area contributed by atoms with Gasteiger partial charge in [-0.25, -0.2) is 13.1 Å². The molecule has 3 N–H and O–H groups in total. The largest absolute Gasteiger partial charge is 0.481 e. The fraction of sp³-hybridized carbons (Fsp3) is 0.556. The van der Waals surface area contributed by atoms with Crippen LogP contribution in [0.1, 0.15) is 55.3 Å². The van der Waals surface area contributed by atoms with Crippen LogP contribution in [0.5, 0.6) is 0 Å². The molecule has 3 rings (SSSR count). The fourth-order valence-electron chi connectivity index (χ4n) is 3.74. The predicted molar refractivity (Wildman–Crippen MR) is 95.3 cm³/mol. The number of aliphatic carboxylic acids is 1. The highest BCUT2D eigenvalue weighted by Crippen LogP contribution is 2.26. The number of sulfonamides is 1. The Balaban J connectivity index is 1.66. The Hall–Kier alpha value is -1.93. The van der Waals surface area contributed by atoms with Crippen LogP contribution in [0.2, 0.25) is 0 Å². The molecule has 0 bridgehead atoms. The summed E-state index contributed by atoms with van der Waals surface area (Å²) in [7, 11) is -3.65. The first-order valence-electron chi connectivity index (χ1n) is 9.01. The molecule has 1 aromatic carbocycles. The molecule has 0 heterocycles. The SMILES string of the molecule is O=C(N[C@H]1CC[C@@H](C(=O)O)C1)c1cccc(S(=O)(=O)NC2CCCC2)c1. The van der Waals surface area contributed by atoms with Crippen LogP contribution >= 0.6 is 0 Å². The van der Waals surface area contributed by atoms with E-state index in [9.17, 15) is 18.0 Å². The smallest absolute Gasteiger partial charge is 0.306 e. The number of rotatable bonds is 6. The van der Waals surface area contributed by atoms with Gasteiger partial charge >= 0.3 is 5.97 Å². The number of carbonyl (C=O) groups excluding carboxylic acids is 1. The zero-order chi connectivity index (χ0) is 18.7. The molecular weight excluding hydrogens is 356 g/mol. The van der Waals surface area contributed by atoms with Gasteiger partial charge in [0.1, 0.15) is 0 Å². The first kappa shape index (κ1) is 18.8. The number of carboxylic acid groups (broad SMARTS) is 1. The maximum Gasteiger partial charge on any atom is 0.306 e. The Morgan fingerprint density at radius 3 is 2.42 bits per heavy atom. The molecule has 2 fully saturated rings. The van der Waals surface area contributed by atoms with Crippen molar-refractivity contribution in [2.45, 2.75) is 61.9 Å². The van der Waals surface area contributed by atoms with E-state index in [0.29, 0.717) is 19.3 Å². The summed E-state index contributed by atoms with van der Waals surface area (Å²) >= 11 is 0. The zero-order valence-electron chi connectivity index (χ0n) is 14.5. The van der Waals surface area contributed by atoms with Crippen LogP contribution in [-0.2, 0) is 14.8 Å². The Kier molecular flexibility index (Phi) is 5.62. The maximum atomic E-state index is 12.5. The molecule has 0 aromatic heterocycles. The van der Waals surface area contributed by atoms with Crippen molar-refractivity contribution in [2.24, 2.45) is 5.92 Å². The van der Waals surface area contributed by atoms with Crippen molar-refractivity contribution in [3.8, 4) is 0 Å². The average molecular weight is 380 g/mol. The predicted octanol–water partition coefficient (Wildman–Crippen LogP) is 1.89. The van der Waals surface area contributed by atoms with Crippen molar-refractivity contribution in [2.75, 3.05) is 0 Å². The van der Waals surface area contributed by atoms with Crippen molar-refractivity contribution in [1.82, 2.24) is 10.0 Å². The van der Waals surface area contributed by atoms with Crippen LogP contribution in [0.15, 0.2) is 29.2 Å². The number of hydrogen-bond acceptors (Lipinski definition) is 4. The minimum atomic E-state index is -3.65. The summed E-state index contributed by atoms with van der Waals surface area (Å²) in [6.45, 7) is 0. The maximum absolute atomic E-state index is 12.5. The van der Waals surface area contributed by atoms with E-state index in [1.807, 2.05) is 0 Å². The number of carboxylic acids is 1. The molecule has 1 amide bonds. The molecule has 26 heavy (non-hydrogen) atoms. The molecule has 2 aliphatic rings. The van der Waals surface area contributed by atoms with Gasteiger partial charge in [0.05, 0.1) is 10.8 Å². The van der Waals surface area contributed by atoms with Gasteiger partial charge in [0.2, 0.25) is 10.0 Å². The quantitative estimate of drug-likeness (QED) is 0.698. The summed E-state index contributed by atoms with van der Waals surface area (Å²) in [5.41, 5.74) is 0.262. The average Bonchev–Trinajstić information content (AvgIpc) is 3.26. The van der Waals surface area contributed by atoms with E-state index in [0.717, 1.165) is 25.7 Å².